The minimum atomic E-state index is -0.677. The third-order valence-corrected chi connectivity index (χ3v) is 3.33. The summed E-state index contributed by atoms with van der Waals surface area (Å²) in [5.41, 5.74) is 0.359. The maximum Gasteiger partial charge on any atom is 0.269 e. The van der Waals surface area contributed by atoms with E-state index in [0.29, 0.717) is 5.69 Å². The van der Waals surface area contributed by atoms with Gasteiger partial charge in [0, 0.05) is 23.8 Å². The van der Waals surface area contributed by atoms with E-state index in [1.54, 1.807) is 0 Å². The highest BCUT2D eigenvalue weighted by Crippen LogP contribution is 2.27. The van der Waals surface area contributed by atoms with Crippen LogP contribution in [0.3, 0.4) is 0 Å². The standard InChI is InChI=1S/C16H8F2N4O2/c17-10-1-6-15(18)14(7-10)16-8-11(9-19)20-21(16)12-2-4-13(5-3-12)22(23)24/h1-8H. The number of nitro benzene ring substituents is 1. The Labute approximate surface area is 134 Å². The van der Waals surface area contributed by atoms with E-state index in [1.165, 1.54) is 35.0 Å². The Hall–Kier alpha value is -3.60. The average molecular weight is 326 g/mol. The smallest absolute Gasteiger partial charge is 0.258 e. The van der Waals surface area contributed by atoms with Crippen molar-refractivity contribution in [2.24, 2.45) is 0 Å². The Morgan fingerprint density at radius 3 is 2.46 bits per heavy atom. The van der Waals surface area contributed by atoms with Crippen molar-refractivity contribution in [2.75, 3.05) is 0 Å². The van der Waals surface area contributed by atoms with Gasteiger partial charge < -0.3 is 0 Å². The Balaban J connectivity index is 2.18. The Morgan fingerprint density at radius 1 is 1.12 bits per heavy atom. The molecule has 0 saturated carbocycles. The first-order valence-corrected chi connectivity index (χ1v) is 6.70. The SMILES string of the molecule is N#Cc1cc(-c2cc(F)ccc2F)n(-c2ccc([N+](=O)[O-])cc2)n1. The van der Waals surface area contributed by atoms with Gasteiger partial charge in [-0.25, -0.2) is 13.5 Å². The van der Waals surface area contributed by atoms with Crippen LogP contribution in [0.1, 0.15) is 5.69 Å². The van der Waals surface area contributed by atoms with E-state index in [0.717, 1.165) is 18.2 Å². The molecule has 8 heteroatoms. The summed E-state index contributed by atoms with van der Waals surface area (Å²) in [6, 6.07) is 11.4. The monoisotopic (exact) mass is 326 g/mol. The van der Waals surface area contributed by atoms with Crippen LogP contribution in [0.2, 0.25) is 0 Å². The van der Waals surface area contributed by atoms with E-state index >= 15 is 0 Å². The van der Waals surface area contributed by atoms with Gasteiger partial charge in [0.05, 0.1) is 16.3 Å². The molecule has 0 spiro atoms. The van der Waals surface area contributed by atoms with Gasteiger partial charge in [0.25, 0.3) is 5.69 Å². The van der Waals surface area contributed by atoms with E-state index < -0.39 is 16.6 Å². The molecule has 0 amide bonds. The summed E-state index contributed by atoms with van der Waals surface area (Å²) in [4.78, 5) is 10.2. The fourth-order valence-corrected chi connectivity index (χ4v) is 2.23. The first-order chi connectivity index (χ1) is 11.5. The van der Waals surface area contributed by atoms with Gasteiger partial charge in [0.1, 0.15) is 17.7 Å². The zero-order valence-electron chi connectivity index (χ0n) is 12.0. The lowest BCUT2D eigenvalue weighted by Gasteiger charge is -2.08. The molecule has 0 bridgehead atoms. The van der Waals surface area contributed by atoms with Crippen LogP contribution in [-0.2, 0) is 0 Å². The summed E-state index contributed by atoms with van der Waals surface area (Å²) in [7, 11) is 0. The highest BCUT2D eigenvalue weighted by Gasteiger charge is 2.16. The molecule has 24 heavy (non-hydrogen) atoms. The number of benzene rings is 2. The molecule has 0 unspecified atom stereocenters. The summed E-state index contributed by atoms with van der Waals surface area (Å²) < 4.78 is 28.8. The number of halogens is 2. The van der Waals surface area contributed by atoms with Crippen molar-refractivity contribution in [3.05, 3.63) is 76.0 Å². The molecule has 0 aliphatic rings. The van der Waals surface area contributed by atoms with Crippen LogP contribution in [0.15, 0.2) is 48.5 Å². The van der Waals surface area contributed by atoms with Crippen molar-refractivity contribution in [1.29, 1.82) is 5.26 Å². The van der Waals surface area contributed by atoms with E-state index in [2.05, 4.69) is 5.10 Å². The van der Waals surface area contributed by atoms with Crippen molar-refractivity contribution in [2.45, 2.75) is 0 Å². The molecule has 0 saturated heterocycles. The van der Waals surface area contributed by atoms with Gasteiger partial charge in [-0.1, -0.05) is 0 Å². The maximum atomic E-state index is 14.1. The minimum absolute atomic E-state index is 0.00649. The number of non-ortho nitro benzene ring substituents is 1. The number of hydrogen-bond donors (Lipinski definition) is 0. The topological polar surface area (TPSA) is 84.8 Å². The number of rotatable bonds is 3. The molecule has 6 nitrogen and oxygen atoms in total. The van der Waals surface area contributed by atoms with E-state index in [-0.39, 0.29) is 22.6 Å². The van der Waals surface area contributed by atoms with Crippen LogP contribution >= 0.6 is 0 Å². The molecule has 0 radical (unpaired) electrons. The maximum absolute atomic E-state index is 14.1. The molecule has 0 N–H and O–H groups in total. The third-order valence-electron chi connectivity index (χ3n) is 3.33. The van der Waals surface area contributed by atoms with Crippen LogP contribution in [-0.4, -0.2) is 14.7 Å². The van der Waals surface area contributed by atoms with Crippen LogP contribution in [0.25, 0.3) is 16.9 Å². The predicted octanol–water partition coefficient (Wildman–Crippen LogP) is 3.60. The highest BCUT2D eigenvalue weighted by atomic mass is 19.1. The van der Waals surface area contributed by atoms with Gasteiger partial charge in [-0.05, 0) is 30.3 Å². The second-order valence-electron chi connectivity index (χ2n) is 4.84. The molecule has 1 heterocycles. The van der Waals surface area contributed by atoms with E-state index in [9.17, 15) is 18.9 Å². The first kappa shape index (κ1) is 15.3. The van der Waals surface area contributed by atoms with E-state index in [4.69, 9.17) is 5.26 Å². The molecule has 0 atom stereocenters. The highest BCUT2D eigenvalue weighted by molar-refractivity contribution is 5.64. The van der Waals surface area contributed by atoms with Crippen LogP contribution in [0.5, 0.6) is 0 Å². The molecule has 3 rings (SSSR count). The van der Waals surface area contributed by atoms with Crippen molar-refractivity contribution >= 4 is 5.69 Å². The zero-order valence-corrected chi connectivity index (χ0v) is 12.0. The molecular formula is C16H8F2N4O2. The summed E-state index contributed by atoms with van der Waals surface area (Å²) in [5, 5.41) is 23.8. The Kier molecular flexibility index (Phi) is 3.75. The average Bonchev–Trinajstić information content (AvgIpc) is 3.01. The largest absolute Gasteiger partial charge is 0.269 e. The van der Waals surface area contributed by atoms with Gasteiger partial charge in [0.2, 0.25) is 0 Å². The zero-order chi connectivity index (χ0) is 17.3. The summed E-state index contributed by atoms with van der Waals surface area (Å²) in [5.74, 6) is -1.31. The Morgan fingerprint density at radius 2 is 1.83 bits per heavy atom. The predicted molar refractivity (Wildman–Crippen MR) is 80.3 cm³/mol. The van der Waals surface area contributed by atoms with Crippen molar-refractivity contribution in [3.63, 3.8) is 0 Å². The quantitative estimate of drug-likeness (QED) is 0.544. The lowest BCUT2D eigenvalue weighted by Crippen LogP contribution is -2.01. The molecular weight excluding hydrogens is 318 g/mol. The number of aromatic nitrogens is 2. The van der Waals surface area contributed by atoms with Crippen molar-refractivity contribution in [3.8, 4) is 23.0 Å². The lowest BCUT2D eigenvalue weighted by molar-refractivity contribution is -0.384. The Bertz CT molecular complexity index is 975. The summed E-state index contributed by atoms with van der Waals surface area (Å²) in [6.07, 6.45) is 0. The fourth-order valence-electron chi connectivity index (χ4n) is 2.23. The van der Waals surface area contributed by atoms with Gasteiger partial charge in [-0.15, -0.1) is 0 Å². The summed E-state index contributed by atoms with van der Waals surface area (Å²) >= 11 is 0. The van der Waals surface area contributed by atoms with Crippen LogP contribution in [0, 0.1) is 33.1 Å². The van der Waals surface area contributed by atoms with Gasteiger partial charge in [-0.2, -0.15) is 10.4 Å². The van der Waals surface area contributed by atoms with E-state index in [1.807, 2.05) is 6.07 Å². The van der Waals surface area contributed by atoms with Crippen molar-refractivity contribution in [1.82, 2.24) is 9.78 Å². The molecule has 0 aliphatic carbocycles. The second-order valence-corrected chi connectivity index (χ2v) is 4.84. The fraction of sp³-hybridized carbons (Fsp3) is 0. The minimum Gasteiger partial charge on any atom is -0.258 e. The molecule has 118 valence electrons. The molecule has 0 fully saturated rings. The third kappa shape index (κ3) is 2.70. The summed E-state index contributed by atoms with van der Waals surface area (Å²) in [6.45, 7) is 0. The number of hydrogen-bond acceptors (Lipinski definition) is 4. The van der Waals surface area contributed by atoms with Gasteiger partial charge >= 0.3 is 0 Å². The van der Waals surface area contributed by atoms with Crippen LogP contribution in [0.4, 0.5) is 14.5 Å². The van der Waals surface area contributed by atoms with Crippen LogP contribution < -0.4 is 0 Å². The van der Waals surface area contributed by atoms with Crippen molar-refractivity contribution < 1.29 is 13.7 Å². The number of nitro groups is 1. The molecule has 1 aromatic heterocycles. The normalized spacial score (nSPS) is 10.4. The number of nitrogens with zero attached hydrogens (tertiary/aromatic N) is 4. The second kappa shape index (κ2) is 5.89. The molecule has 2 aromatic carbocycles. The van der Waals surface area contributed by atoms with Gasteiger partial charge in [-0.3, -0.25) is 10.1 Å². The van der Waals surface area contributed by atoms with Gasteiger partial charge in [0.15, 0.2) is 5.69 Å². The first-order valence-electron chi connectivity index (χ1n) is 6.70. The molecule has 3 aromatic rings. The number of nitriles is 1. The molecule has 0 aliphatic heterocycles. The lowest BCUT2D eigenvalue weighted by atomic mass is 10.1.